The van der Waals surface area contributed by atoms with Crippen LogP contribution in [0.25, 0.3) is 5.76 Å². The molecule has 140 valence electrons. The summed E-state index contributed by atoms with van der Waals surface area (Å²) in [5.74, 6) is -1.17. The molecule has 0 radical (unpaired) electrons. The van der Waals surface area contributed by atoms with Crippen LogP contribution < -0.4 is 0 Å². The number of amides is 1. The van der Waals surface area contributed by atoms with Gasteiger partial charge in [-0.1, -0.05) is 60.1 Å². The fourth-order valence-corrected chi connectivity index (χ4v) is 3.62. The first-order valence-corrected chi connectivity index (χ1v) is 9.06. The van der Waals surface area contributed by atoms with Gasteiger partial charge in [0.05, 0.1) is 24.4 Å². The number of carbonyl (C=O) groups excluding carboxylic acids is 2. The van der Waals surface area contributed by atoms with Crippen LogP contribution in [-0.2, 0) is 16.1 Å². The molecule has 0 aliphatic carbocycles. The van der Waals surface area contributed by atoms with Crippen molar-refractivity contribution in [3.63, 3.8) is 0 Å². The van der Waals surface area contributed by atoms with Crippen molar-refractivity contribution >= 4 is 29.1 Å². The van der Waals surface area contributed by atoms with E-state index in [-0.39, 0.29) is 17.9 Å². The van der Waals surface area contributed by atoms with Gasteiger partial charge in [-0.25, -0.2) is 0 Å². The van der Waals surface area contributed by atoms with Crippen molar-refractivity contribution in [2.24, 2.45) is 0 Å². The molecule has 1 aliphatic rings. The third-order valence-corrected chi connectivity index (χ3v) is 5.04. The second kappa shape index (κ2) is 7.37. The van der Waals surface area contributed by atoms with E-state index in [2.05, 4.69) is 0 Å². The summed E-state index contributed by atoms with van der Waals surface area (Å²) in [5, 5.41) is 11.3. The third kappa shape index (κ3) is 3.10. The number of aliphatic hydroxyl groups excluding tert-OH is 1. The molecular weight excluding hydrogens is 378 g/mol. The standard InChI is InChI=1S/C22H16ClNO4/c23-17-11-5-4-10-16(17)19-18(20(25)14-7-2-1-3-8-14)21(26)22(27)24(19)13-15-9-6-12-28-15/h1-12,19,25H,13H2/b20-18+/t19-/m1/s1. The topological polar surface area (TPSA) is 70.8 Å². The van der Waals surface area contributed by atoms with Crippen LogP contribution in [0.1, 0.15) is 22.9 Å². The zero-order valence-corrected chi connectivity index (χ0v) is 15.5. The molecule has 3 aromatic rings. The quantitative estimate of drug-likeness (QED) is 0.401. The maximum Gasteiger partial charge on any atom is 0.296 e. The van der Waals surface area contributed by atoms with Crippen LogP contribution in [-0.4, -0.2) is 21.7 Å². The summed E-state index contributed by atoms with van der Waals surface area (Å²) >= 11 is 6.39. The van der Waals surface area contributed by atoms with Gasteiger partial charge in [0.1, 0.15) is 11.5 Å². The molecular formula is C22H16ClNO4. The van der Waals surface area contributed by atoms with Gasteiger partial charge in [0.2, 0.25) is 0 Å². The highest BCUT2D eigenvalue weighted by Gasteiger charge is 2.46. The number of hydrogen-bond donors (Lipinski definition) is 1. The van der Waals surface area contributed by atoms with Crippen LogP contribution in [0, 0.1) is 0 Å². The lowest BCUT2D eigenvalue weighted by Gasteiger charge is -2.25. The number of likely N-dealkylation sites (tertiary alicyclic amines) is 1. The van der Waals surface area contributed by atoms with E-state index in [0.717, 1.165) is 0 Å². The SMILES string of the molecule is O=C1C(=O)N(Cc2ccco2)[C@H](c2ccccc2Cl)/C1=C(\O)c1ccccc1. The Bertz CT molecular complexity index is 1060. The highest BCUT2D eigenvalue weighted by Crippen LogP contribution is 2.42. The number of hydrogen-bond acceptors (Lipinski definition) is 4. The molecule has 1 N–H and O–H groups in total. The number of nitrogens with zero attached hydrogens (tertiary/aromatic N) is 1. The predicted octanol–water partition coefficient (Wildman–Crippen LogP) is 4.55. The van der Waals surface area contributed by atoms with Crippen molar-refractivity contribution in [1.82, 2.24) is 4.90 Å². The number of benzene rings is 2. The first-order valence-electron chi connectivity index (χ1n) is 8.68. The zero-order chi connectivity index (χ0) is 19.7. The van der Waals surface area contributed by atoms with E-state index < -0.39 is 17.7 Å². The lowest BCUT2D eigenvalue weighted by molar-refractivity contribution is -0.140. The Hall–Kier alpha value is -3.31. The minimum atomic E-state index is -0.820. The van der Waals surface area contributed by atoms with E-state index in [4.69, 9.17) is 16.0 Å². The Morgan fingerprint density at radius 1 is 1.00 bits per heavy atom. The molecule has 0 unspecified atom stereocenters. The summed E-state index contributed by atoms with van der Waals surface area (Å²) in [7, 11) is 0. The maximum atomic E-state index is 12.9. The summed E-state index contributed by atoms with van der Waals surface area (Å²) in [4.78, 5) is 27.1. The normalized spacial score (nSPS) is 18.6. The number of carbonyl (C=O) groups is 2. The molecule has 2 heterocycles. The number of rotatable bonds is 4. The summed E-state index contributed by atoms with van der Waals surface area (Å²) in [6.45, 7) is 0.0824. The molecule has 0 bridgehead atoms. The van der Waals surface area contributed by atoms with Crippen molar-refractivity contribution < 1.29 is 19.1 Å². The number of Topliss-reactive ketones (excluding diaryl/α,β-unsaturated/α-hetero) is 1. The average Bonchev–Trinajstić information content (AvgIpc) is 3.31. The highest BCUT2D eigenvalue weighted by molar-refractivity contribution is 6.46. The van der Waals surface area contributed by atoms with Crippen LogP contribution in [0.3, 0.4) is 0 Å². The summed E-state index contributed by atoms with van der Waals surface area (Å²) in [5.41, 5.74) is 1.03. The van der Waals surface area contributed by atoms with Gasteiger partial charge in [-0.05, 0) is 23.8 Å². The molecule has 1 amide bonds. The van der Waals surface area contributed by atoms with Crippen LogP contribution >= 0.6 is 11.6 Å². The lowest BCUT2D eigenvalue weighted by atomic mass is 9.95. The van der Waals surface area contributed by atoms with Gasteiger partial charge >= 0.3 is 0 Å². The Kier molecular flexibility index (Phi) is 4.75. The fourth-order valence-electron chi connectivity index (χ4n) is 3.39. The van der Waals surface area contributed by atoms with E-state index in [1.807, 2.05) is 0 Å². The van der Waals surface area contributed by atoms with Crippen LogP contribution in [0.4, 0.5) is 0 Å². The van der Waals surface area contributed by atoms with Crippen molar-refractivity contribution in [3.8, 4) is 0 Å². The summed E-state index contributed by atoms with van der Waals surface area (Å²) in [6, 6.07) is 18.2. The summed E-state index contributed by atoms with van der Waals surface area (Å²) in [6.07, 6.45) is 1.50. The Morgan fingerprint density at radius 2 is 1.71 bits per heavy atom. The highest BCUT2D eigenvalue weighted by atomic mass is 35.5. The smallest absolute Gasteiger partial charge is 0.296 e. The van der Waals surface area contributed by atoms with Crippen molar-refractivity contribution in [3.05, 3.63) is 100 Å². The molecule has 6 heteroatoms. The third-order valence-electron chi connectivity index (χ3n) is 4.69. The number of aliphatic hydroxyl groups is 1. The molecule has 1 atom stereocenters. The number of furan rings is 1. The molecule has 0 spiro atoms. The predicted molar refractivity (Wildman–Crippen MR) is 104 cm³/mol. The Morgan fingerprint density at radius 3 is 2.39 bits per heavy atom. The molecule has 1 aromatic heterocycles. The van der Waals surface area contributed by atoms with Crippen molar-refractivity contribution in [2.75, 3.05) is 0 Å². The fraction of sp³-hybridized carbons (Fsp3) is 0.0909. The monoisotopic (exact) mass is 393 g/mol. The molecule has 2 aromatic carbocycles. The van der Waals surface area contributed by atoms with Gasteiger partial charge in [-0.3, -0.25) is 9.59 Å². The molecule has 5 nitrogen and oxygen atoms in total. The van der Waals surface area contributed by atoms with Crippen molar-refractivity contribution in [1.29, 1.82) is 0 Å². The largest absolute Gasteiger partial charge is 0.507 e. The minimum absolute atomic E-state index is 0.0101. The van der Waals surface area contributed by atoms with Crippen LogP contribution in [0.2, 0.25) is 5.02 Å². The molecule has 1 fully saturated rings. The van der Waals surface area contributed by atoms with E-state index in [1.54, 1.807) is 66.7 Å². The van der Waals surface area contributed by atoms with Gasteiger partial charge in [0.15, 0.2) is 0 Å². The van der Waals surface area contributed by atoms with Gasteiger partial charge in [-0.2, -0.15) is 0 Å². The number of halogens is 1. The van der Waals surface area contributed by atoms with Gasteiger partial charge in [0.25, 0.3) is 11.7 Å². The second-order valence-corrected chi connectivity index (χ2v) is 6.80. The average molecular weight is 394 g/mol. The first kappa shape index (κ1) is 18.1. The Labute approximate surface area is 166 Å². The number of ketones is 1. The Balaban J connectivity index is 1.90. The molecule has 28 heavy (non-hydrogen) atoms. The van der Waals surface area contributed by atoms with Gasteiger partial charge in [0, 0.05) is 10.6 Å². The van der Waals surface area contributed by atoms with Crippen LogP contribution in [0.5, 0.6) is 0 Å². The van der Waals surface area contributed by atoms with Crippen LogP contribution in [0.15, 0.2) is 83.0 Å². The maximum absolute atomic E-state index is 12.9. The minimum Gasteiger partial charge on any atom is -0.507 e. The molecule has 0 saturated carbocycles. The van der Waals surface area contributed by atoms with Gasteiger partial charge in [-0.15, -0.1) is 0 Å². The zero-order valence-electron chi connectivity index (χ0n) is 14.7. The van der Waals surface area contributed by atoms with E-state index in [9.17, 15) is 14.7 Å². The molecule has 1 saturated heterocycles. The lowest BCUT2D eigenvalue weighted by Crippen LogP contribution is -2.29. The second-order valence-electron chi connectivity index (χ2n) is 6.39. The van der Waals surface area contributed by atoms with E-state index in [1.165, 1.54) is 11.2 Å². The van der Waals surface area contributed by atoms with E-state index >= 15 is 0 Å². The summed E-state index contributed by atoms with van der Waals surface area (Å²) < 4.78 is 5.36. The first-order chi connectivity index (χ1) is 13.6. The van der Waals surface area contributed by atoms with Gasteiger partial charge < -0.3 is 14.4 Å². The van der Waals surface area contributed by atoms with Crippen molar-refractivity contribution in [2.45, 2.75) is 12.6 Å². The van der Waals surface area contributed by atoms with E-state index in [0.29, 0.717) is 21.9 Å². The molecule has 1 aliphatic heterocycles. The molecule has 4 rings (SSSR count).